The van der Waals surface area contributed by atoms with Crippen molar-refractivity contribution in [2.75, 3.05) is 35.9 Å². The van der Waals surface area contributed by atoms with E-state index in [0.29, 0.717) is 35.2 Å². The highest BCUT2D eigenvalue weighted by molar-refractivity contribution is 7.92. The summed E-state index contributed by atoms with van der Waals surface area (Å²) in [5.74, 6) is 0.778. The van der Waals surface area contributed by atoms with Gasteiger partial charge in [0.05, 0.1) is 42.3 Å². The van der Waals surface area contributed by atoms with Gasteiger partial charge in [0, 0.05) is 13.1 Å². The van der Waals surface area contributed by atoms with Crippen molar-refractivity contribution < 1.29 is 18.3 Å². The maximum atomic E-state index is 12.7. The van der Waals surface area contributed by atoms with Crippen molar-refractivity contribution in [2.24, 2.45) is 0 Å². The number of aliphatic hydroxyl groups is 1. The molecule has 0 amide bonds. The molecule has 12 heteroatoms. The lowest BCUT2D eigenvalue weighted by atomic mass is 10.2. The number of thiazole rings is 1. The number of hydrogen-bond acceptors (Lipinski definition) is 10. The van der Waals surface area contributed by atoms with Crippen LogP contribution in [0.1, 0.15) is 5.56 Å². The molecule has 1 aromatic carbocycles. The molecule has 2 N–H and O–H groups in total. The fraction of sp³-hybridized carbons (Fsp3) is 0.238. The number of ether oxygens (including phenoxy) is 1. The summed E-state index contributed by atoms with van der Waals surface area (Å²) in [6.07, 6.45) is 2.98. The quantitative estimate of drug-likeness (QED) is 0.423. The van der Waals surface area contributed by atoms with Crippen molar-refractivity contribution >= 4 is 43.2 Å². The lowest BCUT2D eigenvalue weighted by Gasteiger charge is -2.27. The third kappa shape index (κ3) is 4.50. The Morgan fingerprint density at radius 3 is 2.73 bits per heavy atom. The molecule has 4 aromatic rings. The van der Waals surface area contributed by atoms with Gasteiger partial charge >= 0.3 is 0 Å². The Bertz CT molecular complexity index is 1390. The molecule has 33 heavy (non-hydrogen) atoms. The molecular formula is C21H20N6O4S2. The molecule has 170 valence electrons. The molecule has 0 saturated carbocycles. The number of pyridine rings is 1. The van der Waals surface area contributed by atoms with Crippen LogP contribution in [0.2, 0.25) is 0 Å². The molecule has 0 spiro atoms. The number of benzene rings is 1. The molecule has 5 rings (SSSR count). The summed E-state index contributed by atoms with van der Waals surface area (Å²) in [5.41, 5.74) is 2.16. The van der Waals surface area contributed by atoms with E-state index in [4.69, 9.17) is 9.72 Å². The van der Waals surface area contributed by atoms with Crippen LogP contribution in [0.3, 0.4) is 0 Å². The number of aromatic nitrogens is 4. The van der Waals surface area contributed by atoms with Crippen LogP contribution in [0.5, 0.6) is 0 Å². The van der Waals surface area contributed by atoms with Crippen LogP contribution >= 0.6 is 11.3 Å². The molecule has 1 aliphatic heterocycles. The van der Waals surface area contributed by atoms with E-state index in [2.05, 4.69) is 24.6 Å². The zero-order chi connectivity index (χ0) is 22.8. The van der Waals surface area contributed by atoms with Gasteiger partial charge in [-0.25, -0.2) is 23.4 Å². The first kappa shape index (κ1) is 21.6. The first-order valence-electron chi connectivity index (χ1n) is 10.2. The topological polar surface area (TPSA) is 130 Å². The normalized spacial score (nSPS) is 14.5. The highest BCUT2D eigenvalue weighted by atomic mass is 32.2. The highest BCUT2D eigenvalue weighted by Gasteiger charge is 2.20. The Hall–Kier alpha value is -3.19. The van der Waals surface area contributed by atoms with Crippen molar-refractivity contribution in [1.82, 2.24) is 19.9 Å². The van der Waals surface area contributed by atoms with Crippen LogP contribution < -0.4 is 9.62 Å². The molecule has 0 radical (unpaired) electrons. The minimum atomic E-state index is -3.81. The van der Waals surface area contributed by atoms with E-state index in [1.165, 1.54) is 36.0 Å². The third-order valence-corrected chi connectivity index (χ3v) is 7.48. The van der Waals surface area contributed by atoms with Crippen molar-refractivity contribution in [2.45, 2.75) is 11.5 Å². The zero-order valence-electron chi connectivity index (χ0n) is 17.4. The maximum absolute atomic E-state index is 12.7. The van der Waals surface area contributed by atoms with Gasteiger partial charge in [0.15, 0.2) is 5.82 Å². The predicted molar refractivity (Wildman–Crippen MR) is 125 cm³/mol. The molecular weight excluding hydrogens is 464 g/mol. The van der Waals surface area contributed by atoms with Gasteiger partial charge in [-0.05, 0) is 29.8 Å². The van der Waals surface area contributed by atoms with E-state index in [1.54, 1.807) is 24.3 Å². The first-order valence-corrected chi connectivity index (χ1v) is 12.5. The number of anilines is 2. The van der Waals surface area contributed by atoms with Gasteiger partial charge in [-0.3, -0.25) is 9.71 Å². The summed E-state index contributed by atoms with van der Waals surface area (Å²) in [4.78, 5) is 20.8. The van der Waals surface area contributed by atoms with E-state index in [1.807, 2.05) is 0 Å². The SMILES string of the molecule is O=S(=O)(Nc1ccc(-c2nc3c(N4CCOCC4)ncnc3s2)nc1)c1cccc(CO)c1. The van der Waals surface area contributed by atoms with Gasteiger partial charge in [-0.2, -0.15) is 0 Å². The van der Waals surface area contributed by atoms with Crippen LogP contribution in [0.4, 0.5) is 11.5 Å². The zero-order valence-corrected chi connectivity index (χ0v) is 19.0. The Balaban J connectivity index is 1.39. The number of fused-ring (bicyclic) bond motifs is 1. The summed E-state index contributed by atoms with van der Waals surface area (Å²) in [6, 6.07) is 9.48. The van der Waals surface area contributed by atoms with Crippen LogP contribution in [0.15, 0.2) is 53.8 Å². The molecule has 10 nitrogen and oxygen atoms in total. The van der Waals surface area contributed by atoms with Gasteiger partial charge in [0.1, 0.15) is 21.7 Å². The average molecular weight is 485 g/mol. The van der Waals surface area contributed by atoms with Crippen LogP contribution in [0, 0.1) is 0 Å². The summed E-state index contributed by atoms with van der Waals surface area (Å²) in [5, 5.41) is 9.92. The van der Waals surface area contributed by atoms with E-state index >= 15 is 0 Å². The molecule has 1 saturated heterocycles. The number of nitrogens with one attached hydrogen (secondary N) is 1. The molecule has 1 aliphatic rings. The van der Waals surface area contributed by atoms with Gasteiger partial charge < -0.3 is 14.7 Å². The van der Waals surface area contributed by atoms with Gasteiger partial charge in [-0.15, -0.1) is 0 Å². The molecule has 0 aliphatic carbocycles. The second-order valence-electron chi connectivity index (χ2n) is 7.31. The van der Waals surface area contributed by atoms with E-state index in [-0.39, 0.29) is 11.5 Å². The molecule has 0 unspecified atom stereocenters. The minimum absolute atomic E-state index is 0.0681. The van der Waals surface area contributed by atoms with E-state index in [0.717, 1.165) is 29.3 Å². The summed E-state index contributed by atoms with van der Waals surface area (Å²) in [6.45, 7) is 2.54. The predicted octanol–water partition coefficient (Wildman–Crippen LogP) is 2.28. The number of aliphatic hydroxyl groups excluding tert-OH is 1. The van der Waals surface area contributed by atoms with Crippen LogP contribution in [-0.2, 0) is 21.4 Å². The Labute approximate surface area is 194 Å². The fourth-order valence-corrected chi connectivity index (χ4v) is 5.46. The molecule has 1 fully saturated rings. The van der Waals surface area contributed by atoms with Crippen LogP contribution in [0.25, 0.3) is 21.0 Å². The summed E-state index contributed by atoms with van der Waals surface area (Å²) >= 11 is 1.40. The van der Waals surface area contributed by atoms with Crippen LogP contribution in [-0.4, -0.2) is 59.8 Å². The molecule has 3 aromatic heterocycles. The molecule has 0 atom stereocenters. The highest BCUT2D eigenvalue weighted by Crippen LogP contribution is 2.32. The first-order chi connectivity index (χ1) is 16.0. The van der Waals surface area contributed by atoms with E-state index in [9.17, 15) is 13.5 Å². The van der Waals surface area contributed by atoms with Crippen molar-refractivity contribution in [3.8, 4) is 10.7 Å². The maximum Gasteiger partial charge on any atom is 0.261 e. The number of sulfonamides is 1. The van der Waals surface area contributed by atoms with Gasteiger partial charge in [0.2, 0.25) is 0 Å². The Kier molecular flexibility index (Phi) is 5.89. The van der Waals surface area contributed by atoms with Crippen molar-refractivity contribution in [3.05, 3.63) is 54.5 Å². The number of hydrogen-bond donors (Lipinski definition) is 2. The molecule has 4 heterocycles. The number of rotatable bonds is 6. The van der Waals surface area contributed by atoms with Gasteiger partial charge in [0.25, 0.3) is 10.0 Å². The smallest absolute Gasteiger partial charge is 0.261 e. The van der Waals surface area contributed by atoms with Crippen molar-refractivity contribution in [3.63, 3.8) is 0 Å². The number of nitrogens with zero attached hydrogens (tertiary/aromatic N) is 5. The fourth-order valence-electron chi connectivity index (χ4n) is 3.46. The Morgan fingerprint density at radius 2 is 1.97 bits per heavy atom. The number of morpholine rings is 1. The average Bonchev–Trinajstić information content (AvgIpc) is 3.29. The third-order valence-electron chi connectivity index (χ3n) is 5.11. The Morgan fingerprint density at radius 1 is 1.12 bits per heavy atom. The second-order valence-corrected chi connectivity index (χ2v) is 9.97. The lowest BCUT2D eigenvalue weighted by Crippen LogP contribution is -2.36. The molecule has 0 bridgehead atoms. The van der Waals surface area contributed by atoms with E-state index < -0.39 is 10.0 Å². The largest absolute Gasteiger partial charge is 0.392 e. The minimum Gasteiger partial charge on any atom is -0.392 e. The van der Waals surface area contributed by atoms with Crippen molar-refractivity contribution in [1.29, 1.82) is 0 Å². The van der Waals surface area contributed by atoms with Gasteiger partial charge in [-0.1, -0.05) is 23.5 Å². The second kappa shape index (κ2) is 8.98. The summed E-state index contributed by atoms with van der Waals surface area (Å²) in [7, 11) is -3.81. The summed E-state index contributed by atoms with van der Waals surface area (Å²) < 4.78 is 33.3. The monoisotopic (exact) mass is 484 g/mol. The lowest BCUT2D eigenvalue weighted by molar-refractivity contribution is 0.122. The standard InChI is InChI=1S/C21H20N6O4S2/c28-12-14-2-1-3-16(10-14)33(29,30)26-15-4-5-17(22-11-15)20-25-18-19(23-13-24-21(18)32-20)27-6-8-31-9-7-27/h1-5,10-11,13,26,28H,6-9,12H2.